The number of hydrogen-bond acceptors (Lipinski definition) is 4. The van der Waals surface area contributed by atoms with Crippen LogP contribution >= 0.6 is 27.5 Å². The molecular weight excluding hydrogens is 293 g/mol. The number of aromatic nitrogens is 2. The van der Waals surface area contributed by atoms with Crippen molar-refractivity contribution in [2.75, 3.05) is 11.9 Å². The van der Waals surface area contributed by atoms with Gasteiger partial charge in [0.15, 0.2) is 0 Å². The number of hydrogen-bond donors (Lipinski definition) is 2. The van der Waals surface area contributed by atoms with Crippen LogP contribution in [-0.4, -0.2) is 27.2 Å². The molecule has 88 valence electrons. The summed E-state index contributed by atoms with van der Waals surface area (Å²) in [6.45, 7) is 0.112. The molecule has 0 aromatic carbocycles. The van der Waals surface area contributed by atoms with E-state index in [1.807, 2.05) is 0 Å². The van der Waals surface area contributed by atoms with Crippen LogP contribution in [0.15, 0.2) is 10.8 Å². The maximum absolute atomic E-state index is 9.48. The monoisotopic (exact) mass is 305 g/mol. The predicted octanol–water partition coefficient (Wildman–Crippen LogP) is 2.61. The number of nitrogens with zero attached hydrogens (tertiary/aromatic N) is 2. The molecule has 1 saturated carbocycles. The van der Waals surface area contributed by atoms with Gasteiger partial charge in [-0.05, 0) is 28.8 Å². The highest BCUT2D eigenvalue weighted by atomic mass is 79.9. The van der Waals surface area contributed by atoms with Crippen molar-refractivity contribution in [3.8, 4) is 0 Å². The molecule has 2 rings (SSSR count). The molecule has 1 aliphatic rings. The molecule has 0 bridgehead atoms. The first-order valence-electron chi connectivity index (χ1n) is 5.22. The van der Waals surface area contributed by atoms with E-state index in [1.165, 1.54) is 6.33 Å². The Hall–Kier alpha value is -0.390. The van der Waals surface area contributed by atoms with Crippen molar-refractivity contribution in [2.45, 2.75) is 31.2 Å². The molecule has 1 fully saturated rings. The Kier molecular flexibility index (Phi) is 3.66. The molecule has 0 unspecified atom stereocenters. The molecule has 1 aromatic heterocycles. The number of rotatable bonds is 3. The van der Waals surface area contributed by atoms with Crippen LogP contribution in [0.25, 0.3) is 0 Å². The van der Waals surface area contributed by atoms with Gasteiger partial charge in [-0.2, -0.15) is 0 Å². The van der Waals surface area contributed by atoms with E-state index in [1.54, 1.807) is 0 Å². The molecule has 0 atom stereocenters. The Morgan fingerprint density at radius 3 is 2.75 bits per heavy atom. The summed E-state index contributed by atoms with van der Waals surface area (Å²) in [5.41, 5.74) is -0.250. The standard InChI is InChI=1S/C10H13BrClN3O/c11-7-8(12)13-6-14-9(7)15-10(5-16)3-1-2-4-10/h6,16H,1-5H2,(H,13,14,15). The van der Waals surface area contributed by atoms with Gasteiger partial charge in [0.05, 0.1) is 16.6 Å². The van der Waals surface area contributed by atoms with Crippen LogP contribution < -0.4 is 5.32 Å². The smallest absolute Gasteiger partial charge is 0.148 e. The van der Waals surface area contributed by atoms with E-state index in [0.717, 1.165) is 25.7 Å². The quantitative estimate of drug-likeness (QED) is 0.843. The number of aliphatic hydroxyl groups excluding tert-OH is 1. The number of halogens is 2. The fourth-order valence-electron chi connectivity index (χ4n) is 2.06. The average molecular weight is 307 g/mol. The maximum Gasteiger partial charge on any atom is 0.148 e. The van der Waals surface area contributed by atoms with E-state index < -0.39 is 0 Å². The van der Waals surface area contributed by atoms with Gasteiger partial charge in [0, 0.05) is 0 Å². The lowest BCUT2D eigenvalue weighted by Gasteiger charge is -2.29. The third kappa shape index (κ3) is 2.31. The Bertz CT molecular complexity index is 382. The van der Waals surface area contributed by atoms with E-state index in [2.05, 4.69) is 31.2 Å². The molecule has 0 spiro atoms. The predicted molar refractivity (Wildman–Crippen MR) is 66.6 cm³/mol. The summed E-state index contributed by atoms with van der Waals surface area (Å²) in [6.07, 6.45) is 5.58. The van der Waals surface area contributed by atoms with Gasteiger partial charge < -0.3 is 10.4 Å². The van der Waals surface area contributed by atoms with Crippen molar-refractivity contribution in [3.05, 3.63) is 16.0 Å². The van der Waals surface area contributed by atoms with Gasteiger partial charge in [0.25, 0.3) is 0 Å². The lowest BCUT2D eigenvalue weighted by atomic mass is 9.99. The molecule has 6 heteroatoms. The molecule has 1 aliphatic carbocycles. The van der Waals surface area contributed by atoms with Crippen LogP contribution in [0.3, 0.4) is 0 Å². The Morgan fingerprint density at radius 2 is 2.12 bits per heavy atom. The zero-order valence-corrected chi connectivity index (χ0v) is 11.1. The van der Waals surface area contributed by atoms with Crippen LogP contribution in [0.5, 0.6) is 0 Å². The lowest BCUT2D eigenvalue weighted by molar-refractivity contribution is 0.213. The summed E-state index contributed by atoms with van der Waals surface area (Å²) < 4.78 is 0.649. The van der Waals surface area contributed by atoms with Crippen LogP contribution in [0.2, 0.25) is 5.15 Å². The molecule has 0 amide bonds. The van der Waals surface area contributed by atoms with Crippen molar-refractivity contribution in [1.82, 2.24) is 9.97 Å². The van der Waals surface area contributed by atoms with Gasteiger partial charge in [-0.1, -0.05) is 24.4 Å². The third-order valence-electron chi connectivity index (χ3n) is 2.99. The van der Waals surface area contributed by atoms with Crippen LogP contribution in [-0.2, 0) is 0 Å². The second-order valence-corrected chi connectivity index (χ2v) is 5.25. The van der Waals surface area contributed by atoms with Gasteiger partial charge in [-0.25, -0.2) is 9.97 Å². The van der Waals surface area contributed by atoms with Gasteiger partial charge in [0.2, 0.25) is 0 Å². The molecule has 0 saturated heterocycles. The van der Waals surface area contributed by atoms with Crippen LogP contribution in [0.1, 0.15) is 25.7 Å². The second-order valence-electron chi connectivity index (χ2n) is 4.10. The Labute approximate surface area is 108 Å². The molecule has 4 nitrogen and oxygen atoms in total. The average Bonchev–Trinajstić information content (AvgIpc) is 2.74. The summed E-state index contributed by atoms with van der Waals surface area (Å²) in [5, 5.41) is 13.1. The minimum Gasteiger partial charge on any atom is -0.394 e. The van der Waals surface area contributed by atoms with Gasteiger partial charge in [0.1, 0.15) is 17.3 Å². The molecule has 0 aliphatic heterocycles. The Balaban J connectivity index is 2.22. The largest absolute Gasteiger partial charge is 0.394 e. The topological polar surface area (TPSA) is 58.0 Å². The maximum atomic E-state index is 9.48. The molecule has 1 heterocycles. The van der Waals surface area contributed by atoms with Gasteiger partial charge in [-0.3, -0.25) is 0 Å². The normalized spacial score (nSPS) is 18.7. The van der Waals surface area contributed by atoms with E-state index in [9.17, 15) is 5.11 Å². The molecule has 1 aromatic rings. The first-order valence-corrected chi connectivity index (χ1v) is 6.39. The SMILES string of the molecule is OCC1(Nc2ncnc(Cl)c2Br)CCCC1. The fourth-order valence-corrected chi connectivity index (χ4v) is 2.50. The summed E-state index contributed by atoms with van der Waals surface area (Å²) in [6, 6.07) is 0. The molecule has 0 radical (unpaired) electrons. The second kappa shape index (κ2) is 4.85. The van der Waals surface area contributed by atoms with Crippen LogP contribution in [0, 0.1) is 0 Å². The van der Waals surface area contributed by atoms with E-state index in [0.29, 0.717) is 15.4 Å². The number of anilines is 1. The zero-order chi connectivity index (χ0) is 11.6. The third-order valence-corrected chi connectivity index (χ3v) is 4.26. The lowest BCUT2D eigenvalue weighted by Crippen LogP contribution is -2.39. The first-order chi connectivity index (χ1) is 7.67. The van der Waals surface area contributed by atoms with Crippen molar-refractivity contribution in [1.29, 1.82) is 0 Å². The van der Waals surface area contributed by atoms with E-state index in [-0.39, 0.29) is 12.1 Å². The van der Waals surface area contributed by atoms with Crippen molar-refractivity contribution < 1.29 is 5.11 Å². The fraction of sp³-hybridized carbons (Fsp3) is 0.600. The minimum absolute atomic E-state index is 0.112. The van der Waals surface area contributed by atoms with E-state index in [4.69, 9.17) is 11.6 Å². The van der Waals surface area contributed by atoms with Crippen molar-refractivity contribution in [3.63, 3.8) is 0 Å². The highest BCUT2D eigenvalue weighted by Gasteiger charge is 2.34. The summed E-state index contributed by atoms with van der Waals surface area (Å²) in [4.78, 5) is 8.00. The zero-order valence-electron chi connectivity index (χ0n) is 8.71. The summed E-state index contributed by atoms with van der Waals surface area (Å²) in [7, 11) is 0. The van der Waals surface area contributed by atoms with Crippen molar-refractivity contribution >= 4 is 33.3 Å². The number of aliphatic hydroxyl groups is 1. The van der Waals surface area contributed by atoms with Gasteiger partial charge in [-0.15, -0.1) is 0 Å². The van der Waals surface area contributed by atoms with Crippen LogP contribution in [0.4, 0.5) is 5.82 Å². The first kappa shape index (κ1) is 12.1. The summed E-state index contributed by atoms with van der Waals surface area (Å²) in [5.74, 6) is 0.649. The number of nitrogens with one attached hydrogen (secondary N) is 1. The van der Waals surface area contributed by atoms with Crippen molar-refractivity contribution in [2.24, 2.45) is 0 Å². The molecule has 2 N–H and O–H groups in total. The Morgan fingerprint density at radius 1 is 1.44 bits per heavy atom. The molecule has 16 heavy (non-hydrogen) atoms. The minimum atomic E-state index is -0.250. The van der Waals surface area contributed by atoms with Gasteiger partial charge >= 0.3 is 0 Å². The highest BCUT2D eigenvalue weighted by molar-refractivity contribution is 9.10. The van der Waals surface area contributed by atoms with E-state index >= 15 is 0 Å². The molecular formula is C10H13BrClN3O. The highest BCUT2D eigenvalue weighted by Crippen LogP contribution is 2.35. The summed E-state index contributed by atoms with van der Waals surface area (Å²) >= 11 is 9.23.